The molecule has 3 aromatic rings. The number of amides is 2. The lowest BCUT2D eigenvalue weighted by Gasteiger charge is -2.12. The number of primary amides is 1. The molecule has 4 N–H and O–H groups in total. The number of hydrogen-bond donors (Lipinski definition) is 3. The van der Waals surface area contributed by atoms with Gasteiger partial charge in [0, 0.05) is 32.1 Å². The lowest BCUT2D eigenvalue weighted by atomic mass is 10.1. The first-order valence-electron chi connectivity index (χ1n) is 10.9. The number of imidazole rings is 1. The lowest BCUT2D eigenvalue weighted by molar-refractivity contribution is 0.0988. The van der Waals surface area contributed by atoms with Crippen LogP contribution in [-0.2, 0) is 13.0 Å². The number of oxazole rings is 1. The van der Waals surface area contributed by atoms with Crippen molar-refractivity contribution < 1.29 is 23.8 Å². The van der Waals surface area contributed by atoms with E-state index in [0.717, 1.165) is 6.42 Å². The second-order valence-electron chi connectivity index (χ2n) is 7.37. The Bertz CT molecular complexity index is 1180. The van der Waals surface area contributed by atoms with Crippen LogP contribution in [0.25, 0.3) is 11.0 Å². The van der Waals surface area contributed by atoms with Crippen molar-refractivity contribution in [1.29, 1.82) is 0 Å². The number of aryl methyl sites for hydroxylation is 2. The van der Waals surface area contributed by atoms with Gasteiger partial charge in [-0.25, -0.2) is 9.97 Å². The molecule has 1 aromatic carbocycles. The molecule has 0 spiro atoms. The monoisotopic (exact) mass is 455 g/mol. The summed E-state index contributed by atoms with van der Waals surface area (Å²) in [5.41, 5.74) is 7.32. The maximum atomic E-state index is 13.0. The molecule has 2 aromatic heterocycles. The predicted octanol–water partition coefficient (Wildman–Crippen LogP) is 2.97. The molecular formula is C23H29N5O5. The molecule has 0 saturated carbocycles. The Morgan fingerprint density at radius 1 is 1.27 bits per heavy atom. The van der Waals surface area contributed by atoms with Crippen LogP contribution in [0.2, 0.25) is 0 Å². The van der Waals surface area contributed by atoms with Crippen LogP contribution in [0.1, 0.15) is 59.2 Å². The van der Waals surface area contributed by atoms with Crippen LogP contribution in [0.4, 0.5) is 5.95 Å². The number of aliphatic hydroxyl groups excluding tert-OH is 1. The summed E-state index contributed by atoms with van der Waals surface area (Å²) >= 11 is 0. The molecule has 10 nitrogen and oxygen atoms in total. The zero-order chi connectivity index (χ0) is 24.0. The summed E-state index contributed by atoms with van der Waals surface area (Å²) in [4.78, 5) is 33.6. The first kappa shape index (κ1) is 24.0. The SMILES string of the molecule is CC/C=C/Cn1c(NC(=O)c2oc(C)nc2CC)nc2cc(C(N)=O)cc(OCCCO)c21. The smallest absolute Gasteiger partial charge is 0.295 e. The quantitative estimate of drug-likeness (QED) is 0.298. The number of aromatic nitrogens is 3. The highest BCUT2D eigenvalue weighted by Crippen LogP contribution is 2.31. The molecule has 0 fully saturated rings. The third-order valence-corrected chi connectivity index (χ3v) is 4.91. The summed E-state index contributed by atoms with van der Waals surface area (Å²) in [7, 11) is 0. The number of nitrogens with zero attached hydrogens (tertiary/aromatic N) is 3. The van der Waals surface area contributed by atoms with E-state index in [4.69, 9.17) is 20.0 Å². The van der Waals surface area contributed by atoms with Crippen molar-refractivity contribution in [2.24, 2.45) is 5.73 Å². The van der Waals surface area contributed by atoms with Crippen LogP contribution in [0.3, 0.4) is 0 Å². The number of carbonyl (C=O) groups is 2. The summed E-state index contributed by atoms with van der Waals surface area (Å²) in [6.45, 7) is 6.20. The summed E-state index contributed by atoms with van der Waals surface area (Å²) in [5.74, 6) is 0.0934. The topological polar surface area (TPSA) is 146 Å². The molecule has 176 valence electrons. The van der Waals surface area contributed by atoms with Crippen LogP contribution < -0.4 is 15.8 Å². The normalized spacial score (nSPS) is 11.4. The number of nitrogens with two attached hydrogens (primary N) is 1. The number of allylic oxidation sites excluding steroid dienone is 2. The van der Waals surface area contributed by atoms with E-state index in [0.29, 0.717) is 47.8 Å². The highest BCUT2D eigenvalue weighted by Gasteiger charge is 2.23. The molecule has 0 saturated heterocycles. The molecule has 0 bridgehead atoms. The Hall–Kier alpha value is -3.66. The van der Waals surface area contributed by atoms with Crippen LogP contribution in [0, 0.1) is 6.92 Å². The Labute approximate surface area is 191 Å². The maximum Gasteiger partial charge on any atom is 0.295 e. The third kappa shape index (κ3) is 5.40. The van der Waals surface area contributed by atoms with Crippen molar-refractivity contribution in [2.45, 2.75) is 46.6 Å². The first-order chi connectivity index (χ1) is 15.9. The van der Waals surface area contributed by atoms with Gasteiger partial charge in [-0.3, -0.25) is 14.9 Å². The summed E-state index contributed by atoms with van der Waals surface area (Å²) < 4.78 is 13.1. The van der Waals surface area contributed by atoms with Gasteiger partial charge >= 0.3 is 0 Å². The lowest BCUT2D eigenvalue weighted by Crippen LogP contribution is -2.17. The van der Waals surface area contributed by atoms with Gasteiger partial charge in [-0.1, -0.05) is 26.0 Å². The number of aliphatic hydroxyl groups is 1. The Morgan fingerprint density at radius 3 is 2.73 bits per heavy atom. The largest absolute Gasteiger partial charge is 0.491 e. The van der Waals surface area contributed by atoms with E-state index in [1.54, 1.807) is 23.6 Å². The van der Waals surface area contributed by atoms with E-state index in [2.05, 4.69) is 15.3 Å². The minimum Gasteiger partial charge on any atom is -0.491 e. The van der Waals surface area contributed by atoms with E-state index in [9.17, 15) is 9.59 Å². The predicted molar refractivity (Wildman–Crippen MR) is 123 cm³/mol. The number of hydrogen-bond acceptors (Lipinski definition) is 7. The summed E-state index contributed by atoms with van der Waals surface area (Å²) in [6, 6.07) is 3.10. The molecule has 3 rings (SSSR count). The fourth-order valence-electron chi connectivity index (χ4n) is 3.39. The van der Waals surface area contributed by atoms with E-state index < -0.39 is 11.8 Å². The van der Waals surface area contributed by atoms with Gasteiger partial charge in [-0.05, 0) is 25.0 Å². The van der Waals surface area contributed by atoms with E-state index in [-0.39, 0.29) is 30.5 Å². The fourth-order valence-corrected chi connectivity index (χ4v) is 3.39. The van der Waals surface area contributed by atoms with Crippen LogP contribution in [-0.4, -0.2) is 44.7 Å². The van der Waals surface area contributed by atoms with Gasteiger partial charge in [0.1, 0.15) is 11.3 Å². The standard InChI is InChI=1S/C23H29N5O5/c1-4-6-7-9-28-19-17(12-15(21(24)30)13-18(19)32-11-8-10-29)26-23(28)27-22(31)20-16(5-2)25-14(3)33-20/h6-7,12-13,29H,4-5,8-11H2,1-3H3,(H2,24,30)(H,26,27,31)/b7-6+. The Morgan fingerprint density at radius 2 is 2.06 bits per heavy atom. The molecule has 33 heavy (non-hydrogen) atoms. The van der Waals surface area contributed by atoms with Gasteiger partial charge in [-0.15, -0.1) is 0 Å². The number of benzene rings is 1. The molecule has 10 heteroatoms. The second-order valence-corrected chi connectivity index (χ2v) is 7.37. The molecule has 0 radical (unpaired) electrons. The molecular weight excluding hydrogens is 426 g/mol. The van der Waals surface area contributed by atoms with Crippen molar-refractivity contribution in [1.82, 2.24) is 14.5 Å². The van der Waals surface area contributed by atoms with Gasteiger partial charge in [0.05, 0.1) is 17.8 Å². The summed E-state index contributed by atoms with van der Waals surface area (Å²) in [5, 5.41) is 11.9. The molecule has 0 aliphatic rings. The van der Waals surface area contributed by atoms with Gasteiger partial charge in [0.2, 0.25) is 17.6 Å². The number of fused-ring (bicyclic) bond motifs is 1. The van der Waals surface area contributed by atoms with Crippen molar-refractivity contribution in [3.8, 4) is 5.75 Å². The summed E-state index contributed by atoms with van der Waals surface area (Å²) in [6.07, 6.45) is 5.75. The third-order valence-electron chi connectivity index (χ3n) is 4.91. The molecule has 0 atom stereocenters. The minimum absolute atomic E-state index is 0.0329. The first-order valence-corrected chi connectivity index (χ1v) is 10.9. The second kappa shape index (κ2) is 10.8. The van der Waals surface area contributed by atoms with Crippen molar-refractivity contribution in [3.05, 3.63) is 47.2 Å². The maximum absolute atomic E-state index is 13.0. The highest BCUT2D eigenvalue weighted by atomic mass is 16.5. The molecule has 0 aliphatic carbocycles. The number of nitrogens with one attached hydrogen (secondary N) is 1. The van der Waals surface area contributed by atoms with Gasteiger partial charge in [0.25, 0.3) is 5.91 Å². The minimum atomic E-state index is -0.625. The highest BCUT2D eigenvalue weighted by molar-refractivity contribution is 6.04. The van der Waals surface area contributed by atoms with Crippen molar-refractivity contribution in [3.63, 3.8) is 0 Å². The Balaban J connectivity index is 2.11. The van der Waals surface area contributed by atoms with Gasteiger partial charge in [0.15, 0.2) is 5.89 Å². The van der Waals surface area contributed by atoms with E-state index in [1.807, 2.05) is 26.0 Å². The number of ether oxygens (including phenoxy) is 1. The molecule has 0 unspecified atom stereocenters. The van der Waals surface area contributed by atoms with Gasteiger partial charge < -0.3 is 24.6 Å². The average molecular weight is 456 g/mol. The molecule has 0 aliphatic heterocycles. The van der Waals surface area contributed by atoms with Crippen LogP contribution in [0.15, 0.2) is 28.7 Å². The van der Waals surface area contributed by atoms with Crippen molar-refractivity contribution in [2.75, 3.05) is 18.5 Å². The molecule has 2 amide bonds. The molecule has 2 heterocycles. The Kier molecular flexibility index (Phi) is 7.83. The van der Waals surface area contributed by atoms with Crippen LogP contribution in [0.5, 0.6) is 5.75 Å². The number of carbonyl (C=O) groups excluding carboxylic acids is 2. The zero-order valence-corrected chi connectivity index (χ0v) is 19.1. The van der Waals surface area contributed by atoms with E-state index >= 15 is 0 Å². The van der Waals surface area contributed by atoms with E-state index in [1.165, 1.54) is 0 Å². The van der Waals surface area contributed by atoms with Crippen molar-refractivity contribution >= 4 is 28.8 Å². The zero-order valence-electron chi connectivity index (χ0n) is 19.1. The van der Waals surface area contributed by atoms with Gasteiger partial charge in [-0.2, -0.15) is 0 Å². The average Bonchev–Trinajstić information content (AvgIpc) is 3.33. The number of anilines is 1. The fraction of sp³-hybridized carbons (Fsp3) is 0.391. The van der Waals surface area contributed by atoms with Crippen LogP contribution >= 0.6 is 0 Å². The number of rotatable bonds is 11.